The third kappa shape index (κ3) is 4.00. The number of hydrogen-bond donors (Lipinski definition) is 3. The monoisotopic (exact) mass is 327 g/mol. The summed E-state index contributed by atoms with van der Waals surface area (Å²) in [5.74, 6) is -1.06. The summed E-state index contributed by atoms with van der Waals surface area (Å²) in [6.45, 7) is 0.416. The lowest BCUT2D eigenvalue weighted by Gasteiger charge is -2.09. The number of carbonyl (C=O) groups is 1. The molecule has 0 saturated carbocycles. The molecule has 0 fully saturated rings. The number of aromatic carboxylic acids is 1. The van der Waals surface area contributed by atoms with Crippen molar-refractivity contribution in [3.8, 4) is 0 Å². The lowest BCUT2D eigenvalue weighted by molar-refractivity contribution is 0.0691. The molecule has 1 aromatic heterocycles. The average molecular weight is 327 g/mol. The first-order valence-electron chi connectivity index (χ1n) is 5.91. The van der Waals surface area contributed by atoms with Gasteiger partial charge in [0.1, 0.15) is 4.90 Å². The molecule has 1 aromatic carbocycles. The summed E-state index contributed by atoms with van der Waals surface area (Å²) in [6, 6.07) is 6.32. The second kappa shape index (κ2) is 6.20. The molecule has 0 aliphatic rings. The van der Waals surface area contributed by atoms with E-state index in [2.05, 4.69) is 10.3 Å². The highest BCUT2D eigenvalue weighted by Crippen LogP contribution is 2.19. The van der Waals surface area contributed by atoms with E-state index in [1.165, 1.54) is 22.8 Å². The van der Waals surface area contributed by atoms with Crippen molar-refractivity contribution in [2.45, 2.75) is 11.3 Å². The summed E-state index contributed by atoms with van der Waals surface area (Å²) in [7, 11) is -3.79. The molecule has 0 amide bonds. The van der Waals surface area contributed by atoms with E-state index in [-0.39, 0.29) is 10.6 Å². The number of anilines is 1. The quantitative estimate of drug-likeness (QED) is 0.731. The van der Waals surface area contributed by atoms with Gasteiger partial charge in [-0.05, 0) is 12.1 Å². The first-order valence-corrected chi connectivity index (χ1v) is 8.34. The third-order valence-electron chi connectivity index (χ3n) is 2.62. The Morgan fingerprint density at radius 1 is 1.38 bits per heavy atom. The fourth-order valence-corrected chi connectivity index (χ4v) is 3.18. The zero-order valence-electron chi connectivity index (χ0n) is 10.8. The Balaban J connectivity index is 2.02. The number of rotatable bonds is 6. The van der Waals surface area contributed by atoms with Crippen LogP contribution in [0.2, 0.25) is 0 Å². The number of thiazole rings is 1. The molecule has 0 saturated heterocycles. The molecular weight excluding hydrogens is 314 g/mol. The molecule has 1 heterocycles. The predicted octanol–water partition coefficient (Wildman–Crippen LogP) is 1.14. The Bertz CT molecular complexity index is 755. The number of nitrogens with two attached hydrogens (primary N) is 1. The second-order valence-corrected chi connectivity index (χ2v) is 6.62. The number of para-hydroxylation sites is 1. The summed E-state index contributed by atoms with van der Waals surface area (Å²) in [5, 5.41) is 19.0. The van der Waals surface area contributed by atoms with Gasteiger partial charge in [0.15, 0.2) is 5.69 Å². The maximum atomic E-state index is 11.4. The number of carboxylic acid groups (broad SMARTS) is 1. The molecular formula is C12H13N3O4S2. The Kier molecular flexibility index (Phi) is 4.56. The van der Waals surface area contributed by atoms with Crippen molar-refractivity contribution >= 4 is 33.0 Å². The number of nitrogens with one attached hydrogen (secondary N) is 1. The minimum atomic E-state index is -3.79. The standard InChI is InChI=1S/C12H13N3O4S2/c13-21(18,19)10-4-2-1-3-8(10)14-6-5-11-15-9(7-20-11)12(16)17/h1-4,7,14H,5-6H2,(H,16,17)(H2,13,18,19). The first kappa shape index (κ1) is 15.4. The smallest absolute Gasteiger partial charge is 0.355 e. The van der Waals surface area contributed by atoms with Gasteiger partial charge in [-0.3, -0.25) is 0 Å². The molecule has 0 aliphatic heterocycles. The van der Waals surface area contributed by atoms with Crippen LogP contribution in [-0.4, -0.2) is 31.0 Å². The average Bonchev–Trinajstić information content (AvgIpc) is 2.87. The Morgan fingerprint density at radius 2 is 2.10 bits per heavy atom. The van der Waals surface area contributed by atoms with Crippen LogP contribution in [0.1, 0.15) is 15.5 Å². The van der Waals surface area contributed by atoms with E-state index >= 15 is 0 Å². The zero-order valence-corrected chi connectivity index (χ0v) is 12.4. The molecule has 0 unspecified atom stereocenters. The van der Waals surface area contributed by atoms with Crippen molar-refractivity contribution in [3.05, 3.63) is 40.3 Å². The van der Waals surface area contributed by atoms with Crippen LogP contribution >= 0.6 is 11.3 Å². The molecule has 0 atom stereocenters. The fraction of sp³-hybridized carbons (Fsp3) is 0.167. The highest BCUT2D eigenvalue weighted by Gasteiger charge is 2.13. The number of hydrogen-bond acceptors (Lipinski definition) is 6. The third-order valence-corrected chi connectivity index (χ3v) is 4.50. The summed E-state index contributed by atoms with van der Waals surface area (Å²) >= 11 is 1.25. The molecule has 4 N–H and O–H groups in total. The van der Waals surface area contributed by atoms with E-state index < -0.39 is 16.0 Å². The second-order valence-electron chi connectivity index (χ2n) is 4.15. The summed E-state index contributed by atoms with van der Waals surface area (Å²) in [5.41, 5.74) is 0.426. The van der Waals surface area contributed by atoms with Gasteiger partial charge in [-0.1, -0.05) is 12.1 Å². The molecule has 0 bridgehead atoms. The molecule has 0 aliphatic carbocycles. The van der Waals surface area contributed by atoms with Crippen LogP contribution in [0.3, 0.4) is 0 Å². The number of benzene rings is 1. The molecule has 2 rings (SSSR count). The van der Waals surface area contributed by atoms with Crippen LogP contribution in [0.15, 0.2) is 34.5 Å². The van der Waals surface area contributed by atoms with Crippen LogP contribution < -0.4 is 10.5 Å². The number of nitrogens with zero attached hydrogens (tertiary/aromatic N) is 1. The van der Waals surface area contributed by atoms with Crippen molar-refractivity contribution in [2.24, 2.45) is 5.14 Å². The molecule has 9 heteroatoms. The van der Waals surface area contributed by atoms with E-state index in [4.69, 9.17) is 10.2 Å². The normalized spacial score (nSPS) is 11.3. The van der Waals surface area contributed by atoms with Gasteiger partial charge in [-0.2, -0.15) is 0 Å². The van der Waals surface area contributed by atoms with Crippen molar-refractivity contribution in [1.82, 2.24) is 4.98 Å². The van der Waals surface area contributed by atoms with Gasteiger partial charge in [0.05, 0.1) is 10.7 Å². The number of primary sulfonamides is 1. The van der Waals surface area contributed by atoms with Gasteiger partial charge >= 0.3 is 5.97 Å². The Labute approximate surface area is 125 Å². The first-order chi connectivity index (χ1) is 9.88. The molecule has 112 valence electrons. The minimum Gasteiger partial charge on any atom is -0.476 e. The van der Waals surface area contributed by atoms with Crippen LogP contribution in [-0.2, 0) is 16.4 Å². The van der Waals surface area contributed by atoms with Crippen LogP contribution in [0, 0.1) is 0 Å². The Morgan fingerprint density at radius 3 is 2.71 bits per heavy atom. The molecule has 21 heavy (non-hydrogen) atoms. The van der Waals surface area contributed by atoms with Gasteiger partial charge in [0.25, 0.3) is 0 Å². The largest absolute Gasteiger partial charge is 0.476 e. The fourth-order valence-electron chi connectivity index (χ4n) is 1.69. The van der Waals surface area contributed by atoms with Crippen molar-refractivity contribution in [1.29, 1.82) is 0 Å². The van der Waals surface area contributed by atoms with Crippen molar-refractivity contribution in [2.75, 3.05) is 11.9 Å². The maximum Gasteiger partial charge on any atom is 0.355 e. The highest BCUT2D eigenvalue weighted by atomic mass is 32.2. The van der Waals surface area contributed by atoms with E-state index in [9.17, 15) is 13.2 Å². The summed E-state index contributed by atoms with van der Waals surface area (Å²) < 4.78 is 22.9. The molecule has 2 aromatic rings. The Hall–Kier alpha value is -1.97. The van der Waals surface area contributed by atoms with Crippen molar-refractivity contribution < 1.29 is 18.3 Å². The van der Waals surface area contributed by atoms with Crippen molar-refractivity contribution in [3.63, 3.8) is 0 Å². The maximum absolute atomic E-state index is 11.4. The van der Waals surface area contributed by atoms with Gasteiger partial charge in [-0.25, -0.2) is 23.3 Å². The zero-order chi connectivity index (χ0) is 15.5. The van der Waals surface area contributed by atoms with E-state index in [0.717, 1.165) is 0 Å². The number of aromatic nitrogens is 1. The molecule has 0 spiro atoms. The highest BCUT2D eigenvalue weighted by molar-refractivity contribution is 7.89. The SMILES string of the molecule is NS(=O)(=O)c1ccccc1NCCc1nc(C(=O)O)cs1. The van der Waals surface area contributed by atoms with Crippen LogP contribution in [0.4, 0.5) is 5.69 Å². The van der Waals surface area contributed by atoms with Gasteiger partial charge in [0.2, 0.25) is 10.0 Å². The van der Waals surface area contributed by atoms with E-state index in [1.807, 2.05) is 0 Å². The van der Waals surface area contributed by atoms with Crippen LogP contribution in [0.5, 0.6) is 0 Å². The van der Waals surface area contributed by atoms with Gasteiger partial charge < -0.3 is 10.4 Å². The molecule has 0 radical (unpaired) electrons. The topological polar surface area (TPSA) is 122 Å². The van der Waals surface area contributed by atoms with Gasteiger partial charge in [-0.15, -0.1) is 11.3 Å². The van der Waals surface area contributed by atoms with Gasteiger partial charge in [0, 0.05) is 18.3 Å². The summed E-state index contributed by atoms with van der Waals surface area (Å²) in [6.07, 6.45) is 0.483. The number of sulfonamides is 1. The molecule has 7 nitrogen and oxygen atoms in total. The van der Waals surface area contributed by atoms with E-state index in [1.54, 1.807) is 18.2 Å². The minimum absolute atomic E-state index is 0.0138. The lowest BCUT2D eigenvalue weighted by atomic mass is 10.3. The number of carboxylic acids is 1. The lowest BCUT2D eigenvalue weighted by Crippen LogP contribution is -2.16. The van der Waals surface area contributed by atoms with Crippen LogP contribution in [0.25, 0.3) is 0 Å². The predicted molar refractivity (Wildman–Crippen MR) is 79.1 cm³/mol. The van der Waals surface area contributed by atoms with E-state index in [0.29, 0.717) is 23.7 Å². The summed E-state index contributed by atoms with van der Waals surface area (Å²) in [4.78, 5) is 14.7.